The lowest BCUT2D eigenvalue weighted by Gasteiger charge is -2.14. The molecule has 0 atom stereocenters. The van der Waals surface area contributed by atoms with Crippen LogP contribution in [-0.2, 0) is 10.1 Å². The van der Waals surface area contributed by atoms with E-state index in [0.717, 1.165) is 5.56 Å². The number of carbonyl (C=O) groups excluding carboxylic acids is 1. The minimum atomic E-state index is -4.03. The van der Waals surface area contributed by atoms with Crippen LogP contribution in [0.5, 0.6) is 11.5 Å². The third kappa shape index (κ3) is 5.82. The average Bonchev–Trinajstić information content (AvgIpc) is 2.58. The number of primary amides is 1. The number of amides is 2. The molecule has 10 heteroatoms. The first-order chi connectivity index (χ1) is 12.7. The van der Waals surface area contributed by atoms with Gasteiger partial charge in [0.05, 0.1) is 16.4 Å². The van der Waals surface area contributed by atoms with Crippen molar-refractivity contribution < 1.29 is 22.1 Å². The molecule has 0 aliphatic carbocycles. The number of hydrogen-bond acceptors (Lipinski definition) is 6. The van der Waals surface area contributed by atoms with Crippen LogP contribution in [-0.4, -0.2) is 27.3 Å². The van der Waals surface area contributed by atoms with Crippen LogP contribution >= 0.6 is 22.6 Å². The van der Waals surface area contributed by atoms with Crippen LogP contribution in [0.1, 0.15) is 18.1 Å². The normalized spacial score (nSPS) is 11.4. The number of aryl methyl sites for hydroxylation is 1. The maximum absolute atomic E-state index is 12.6. The van der Waals surface area contributed by atoms with Gasteiger partial charge in [0.1, 0.15) is 4.90 Å². The number of carbonyl (C=O) groups is 1. The first kappa shape index (κ1) is 21.0. The molecule has 2 rings (SSSR count). The Kier molecular flexibility index (Phi) is 7.02. The fourth-order valence-corrected chi connectivity index (χ4v) is 3.88. The van der Waals surface area contributed by atoms with Crippen molar-refractivity contribution in [3.63, 3.8) is 0 Å². The molecule has 0 aromatic heterocycles. The van der Waals surface area contributed by atoms with Gasteiger partial charge in [-0.1, -0.05) is 17.7 Å². The number of ether oxygens (including phenoxy) is 1. The van der Waals surface area contributed by atoms with E-state index >= 15 is 0 Å². The van der Waals surface area contributed by atoms with E-state index in [4.69, 9.17) is 14.7 Å². The molecule has 0 aliphatic rings. The van der Waals surface area contributed by atoms with E-state index in [1.165, 1.54) is 18.3 Å². The highest BCUT2D eigenvalue weighted by Crippen LogP contribution is 2.36. The predicted molar refractivity (Wildman–Crippen MR) is 110 cm³/mol. The molecule has 0 heterocycles. The molecule has 2 aromatic carbocycles. The molecule has 0 radical (unpaired) electrons. The third-order valence-corrected chi connectivity index (χ3v) is 5.26. The van der Waals surface area contributed by atoms with Gasteiger partial charge in [0, 0.05) is 0 Å². The van der Waals surface area contributed by atoms with Gasteiger partial charge >= 0.3 is 16.1 Å². The van der Waals surface area contributed by atoms with E-state index in [1.807, 2.05) is 29.5 Å². The molecule has 0 bridgehead atoms. The van der Waals surface area contributed by atoms with Gasteiger partial charge in [-0.2, -0.15) is 13.5 Å². The fraction of sp³-hybridized carbons (Fsp3) is 0.176. The second-order valence-electron chi connectivity index (χ2n) is 5.35. The second-order valence-corrected chi connectivity index (χ2v) is 8.06. The number of nitrogens with two attached hydrogens (primary N) is 1. The number of hydrogen-bond donors (Lipinski definition) is 2. The van der Waals surface area contributed by atoms with Crippen LogP contribution in [0.2, 0.25) is 0 Å². The molecule has 0 unspecified atom stereocenters. The van der Waals surface area contributed by atoms with E-state index in [2.05, 4.69) is 10.5 Å². The van der Waals surface area contributed by atoms with Gasteiger partial charge < -0.3 is 14.7 Å². The summed E-state index contributed by atoms with van der Waals surface area (Å²) in [6.45, 7) is 3.93. The van der Waals surface area contributed by atoms with Gasteiger partial charge in [0.25, 0.3) is 0 Å². The van der Waals surface area contributed by atoms with E-state index in [9.17, 15) is 13.2 Å². The molecule has 27 heavy (non-hydrogen) atoms. The number of urea groups is 1. The Hall–Kier alpha value is -2.34. The van der Waals surface area contributed by atoms with Crippen molar-refractivity contribution in [1.82, 2.24) is 5.43 Å². The number of hydrazone groups is 1. The lowest BCUT2D eigenvalue weighted by Crippen LogP contribution is -2.24. The monoisotopic (exact) mass is 503 g/mol. The summed E-state index contributed by atoms with van der Waals surface area (Å²) in [6.07, 6.45) is 1.35. The fourth-order valence-electron chi connectivity index (χ4n) is 2.04. The van der Waals surface area contributed by atoms with Gasteiger partial charge in [0.2, 0.25) is 0 Å². The smallest absolute Gasteiger partial charge is 0.339 e. The Morgan fingerprint density at radius 2 is 1.96 bits per heavy atom. The second kappa shape index (κ2) is 9.04. The summed E-state index contributed by atoms with van der Waals surface area (Å²) in [5.41, 5.74) is 8.53. The summed E-state index contributed by atoms with van der Waals surface area (Å²) < 4.78 is 36.5. The molecule has 2 aromatic rings. The van der Waals surface area contributed by atoms with Gasteiger partial charge in [-0.25, -0.2) is 10.2 Å². The first-order valence-corrected chi connectivity index (χ1v) is 10.3. The summed E-state index contributed by atoms with van der Waals surface area (Å²) in [5.74, 6) is 0.318. The zero-order valence-corrected chi connectivity index (χ0v) is 17.6. The number of benzene rings is 2. The van der Waals surface area contributed by atoms with Gasteiger partial charge in [-0.15, -0.1) is 0 Å². The lowest BCUT2D eigenvalue weighted by molar-refractivity contribution is 0.249. The Morgan fingerprint density at radius 1 is 1.30 bits per heavy atom. The van der Waals surface area contributed by atoms with Crippen LogP contribution in [0.4, 0.5) is 4.79 Å². The Morgan fingerprint density at radius 3 is 2.56 bits per heavy atom. The van der Waals surface area contributed by atoms with Crippen molar-refractivity contribution >= 4 is 45.0 Å². The minimum absolute atomic E-state index is 0.0441. The molecular weight excluding hydrogens is 485 g/mol. The molecular formula is C17H18IN3O5S. The van der Waals surface area contributed by atoms with Crippen molar-refractivity contribution in [1.29, 1.82) is 0 Å². The molecule has 0 saturated heterocycles. The highest BCUT2D eigenvalue weighted by Gasteiger charge is 2.22. The topological polar surface area (TPSA) is 120 Å². The average molecular weight is 503 g/mol. The van der Waals surface area contributed by atoms with Crippen LogP contribution < -0.4 is 20.1 Å². The summed E-state index contributed by atoms with van der Waals surface area (Å²) in [5, 5.41) is 3.68. The zero-order chi connectivity index (χ0) is 20.0. The van der Waals surface area contributed by atoms with E-state index in [-0.39, 0.29) is 16.4 Å². The van der Waals surface area contributed by atoms with Crippen molar-refractivity contribution in [3.05, 3.63) is 51.1 Å². The van der Waals surface area contributed by atoms with E-state index in [0.29, 0.717) is 15.7 Å². The summed E-state index contributed by atoms with van der Waals surface area (Å²) in [4.78, 5) is 10.7. The quantitative estimate of drug-likeness (QED) is 0.261. The summed E-state index contributed by atoms with van der Waals surface area (Å²) in [6, 6.07) is 8.73. The van der Waals surface area contributed by atoms with Crippen LogP contribution in [0.3, 0.4) is 0 Å². The molecule has 0 saturated carbocycles. The van der Waals surface area contributed by atoms with Crippen molar-refractivity contribution in [2.75, 3.05) is 6.61 Å². The SMILES string of the molecule is CCOc1cc(/C=N\NC(N)=O)cc(I)c1OS(=O)(=O)c1ccc(C)cc1. The number of nitrogens with one attached hydrogen (secondary N) is 1. The highest BCUT2D eigenvalue weighted by atomic mass is 127. The van der Waals surface area contributed by atoms with Crippen molar-refractivity contribution in [2.45, 2.75) is 18.7 Å². The maximum atomic E-state index is 12.6. The lowest BCUT2D eigenvalue weighted by atomic mass is 10.2. The molecule has 0 spiro atoms. The number of nitrogens with zero attached hydrogens (tertiary/aromatic N) is 1. The Labute approximate surface area is 171 Å². The number of rotatable bonds is 7. The van der Waals surface area contributed by atoms with Crippen LogP contribution in [0.15, 0.2) is 46.4 Å². The Balaban J connectivity index is 2.38. The minimum Gasteiger partial charge on any atom is -0.490 e. The first-order valence-electron chi connectivity index (χ1n) is 7.79. The molecule has 144 valence electrons. The van der Waals surface area contributed by atoms with Crippen molar-refractivity contribution in [3.8, 4) is 11.5 Å². The molecule has 8 nitrogen and oxygen atoms in total. The summed E-state index contributed by atoms with van der Waals surface area (Å²) >= 11 is 1.94. The molecule has 3 N–H and O–H groups in total. The van der Waals surface area contributed by atoms with Crippen LogP contribution in [0.25, 0.3) is 0 Å². The standard InChI is InChI=1S/C17H18IN3O5S/c1-3-25-15-9-12(10-20-21-17(19)22)8-14(18)16(15)26-27(23,24)13-6-4-11(2)5-7-13/h4-10H,3H2,1-2H3,(H3,19,21,22)/b20-10-. The maximum Gasteiger partial charge on any atom is 0.339 e. The van der Waals surface area contributed by atoms with Gasteiger partial charge in [-0.3, -0.25) is 0 Å². The predicted octanol–water partition coefficient (Wildman–Crippen LogP) is 2.77. The molecule has 0 fully saturated rings. The van der Waals surface area contributed by atoms with E-state index in [1.54, 1.807) is 31.2 Å². The molecule has 2 amide bonds. The molecule has 0 aliphatic heterocycles. The highest BCUT2D eigenvalue weighted by molar-refractivity contribution is 14.1. The number of halogens is 1. The van der Waals surface area contributed by atoms with E-state index < -0.39 is 16.1 Å². The summed E-state index contributed by atoms with van der Waals surface area (Å²) in [7, 11) is -4.03. The third-order valence-electron chi connectivity index (χ3n) is 3.22. The van der Waals surface area contributed by atoms with Crippen LogP contribution in [0, 0.1) is 10.5 Å². The van der Waals surface area contributed by atoms with Gasteiger partial charge in [0.15, 0.2) is 11.5 Å². The zero-order valence-electron chi connectivity index (χ0n) is 14.6. The largest absolute Gasteiger partial charge is 0.490 e. The van der Waals surface area contributed by atoms with Crippen molar-refractivity contribution in [2.24, 2.45) is 10.8 Å². The van der Waals surface area contributed by atoms with Gasteiger partial charge in [-0.05, 0) is 66.3 Å². The Bertz CT molecular complexity index is 959.